The van der Waals surface area contributed by atoms with Crippen molar-refractivity contribution in [3.63, 3.8) is 0 Å². The SMILES string of the molecule is c1cc(-c2cccc(-c3cccc(-c4nc5ccccc5o4)c3)n2)cc(-c2nc3ccccc3o2)c1. The Labute approximate surface area is 206 Å². The van der Waals surface area contributed by atoms with E-state index in [0.717, 1.165) is 55.8 Å². The molecule has 0 aliphatic carbocycles. The minimum atomic E-state index is 0.597. The number of aromatic nitrogens is 3. The molecule has 0 N–H and O–H groups in total. The fourth-order valence-electron chi connectivity index (χ4n) is 4.37. The van der Waals surface area contributed by atoms with Gasteiger partial charge in [-0.3, -0.25) is 0 Å². The summed E-state index contributed by atoms with van der Waals surface area (Å²) in [4.78, 5) is 14.2. The monoisotopic (exact) mass is 465 g/mol. The molecule has 7 rings (SSSR count). The van der Waals surface area contributed by atoms with Gasteiger partial charge in [0.15, 0.2) is 11.2 Å². The highest BCUT2D eigenvalue weighted by Crippen LogP contribution is 2.31. The zero-order valence-corrected chi connectivity index (χ0v) is 19.1. The van der Waals surface area contributed by atoms with E-state index < -0.39 is 0 Å². The van der Waals surface area contributed by atoms with Gasteiger partial charge in [-0.25, -0.2) is 15.0 Å². The topological polar surface area (TPSA) is 65.0 Å². The maximum Gasteiger partial charge on any atom is 0.227 e. The lowest BCUT2D eigenvalue weighted by atomic mass is 10.0. The highest BCUT2D eigenvalue weighted by Gasteiger charge is 2.12. The maximum atomic E-state index is 5.97. The van der Waals surface area contributed by atoms with Crippen LogP contribution in [-0.2, 0) is 0 Å². The Hall–Kier alpha value is -5.03. The van der Waals surface area contributed by atoms with E-state index in [1.54, 1.807) is 0 Å². The summed E-state index contributed by atoms with van der Waals surface area (Å²) >= 11 is 0. The lowest BCUT2D eigenvalue weighted by Crippen LogP contribution is -1.89. The molecular weight excluding hydrogens is 446 g/mol. The molecule has 4 aromatic carbocycles. The molecular formula is C31H19N3O2. The summed E-state index contributed by atoms with van der Waals surface area (Å²) < 4.78 is 11.9. The summed E-state index contributed by atoms with van der Waals surface area (Å²) in [5.74, 6) is 1.19. The van der Waals surface area contributed by atoms with Gasteiger partial charge in [0.05, 0.1) is 11.4 Å². The van der Waals surface area contributed by atoms with Gasteiger partial charge < -0.3 is 8.83 Å². The number of hydrogen-bond acceptors (Lipinski definition) is 5. The summed E-state index contributed by atoms with van der Waals surface area (Å²) in [5.41, 5.74) is 8.79. The van der Waals surface area contributed by atoms with Crippen LogP contribution in [0.5, 0.6) is 0 Å². The van der Waals surface area contributed by atoms with Crippen LogP contribution < -0.4 is 0 Å². The van der Waals surface area contributed by atoms with Crippen molar-refractivity contribution in [3.05, 3.63) is 115 Å². The quantitative estimate of drug-likeness (QED) is 0.263. The van der Waals surface area contributed by atoms with Crippen molar-refractivity contribution >= 4 is 22.2 Å². The van der Waals surface area contributed by atoms with Crippen LogP contribution in [0.2, 0.25) is 0 Å². The third kappa shape index (κ3) is 3.63. The van der Waals surface area contributed by atoms with E-state index in [2.05, 4.69) is 22.1 Å². The Morgan fingerprint density at radius 1 is 0.389 bits per heavy atom. The van der Waals surface area contributed by atoms with Gasteiger partial charge in [-0.1, -0.05) is 54.6 Å². The van der Waals surface area contributed by atoms with Crippen LogP contribution in [0.3, 0.4) is 0 Å². The van der Waals surface area contributed by atoms with Crippen molar-refractivity contribution in [1.29, 1.82) is 0 Å². The van der Waals surface area contributed by atoms with Crippen molar-refractivity contribution < 1.29 is 8.83 Å². The summed E-state index contributed by atoms with van der Waals surface area (Å²) in [6.07, 6.45) is 0. The Morgan fingerprint density at radius 2 is 0.833 bits per heavy atom. The second-order valence-corrected chi connectivity index (χ2v) is 8.54. The lowest BCUT2D eigenvalue weighted by Gasteiger charge is -2.07. The van der Waals surface area contributed by atoms with E-state index in [1.807, 2.05) is 103 Å². The van der Waals surface area contributed by atoms with Crippen molar-refractivity contribution in [2.24, 2.45) is 0 Å². The van der Waals surface area contributed by atoms with Gasteiger partial charge in [0, 0.05) is 22.3 Å². The largest absolute Gasteiger partial charge is 0.436 e. The van der Waals surface area contributed by atoms with E-state index in [-0.39, 0.29) is 0 Å². The number of oxazole rings is 2. The second kappa shape index (κ2) is 8.32. The van der Waals surface area contributed by atoms with Gasteiger partial charge >= 0.3 is 0 Å². The van der Waals surface area contributed by atoms with Gasteiger partial charge in [0.2, 0.25) is 11.8 Å². The standard InChI is InChI=1S/C31H19N3O2/c1-3-16-28-26(12-1)33-30(35-28)22-10-5-8-20(18-22)24-14-7-15-25(32-24)21-9-6-11-23(19-21)31-34-27-13-2-4-17-29(27)36-31/h1-19H. The molecule has 170 valence electrons. The Balaban J connectivity index is 1.24. The Morgan fingerprint density at radius 3 is 1.33 bits per heavy atom. The predicted molar refractivity (Wildman–Crippen MR) is 141 cm³/mol. The Kier molecular flexibility index (Phi) is 4.71. The molecule has 3 aromatic heterocycles. The van der Waals surface area contributed by atoms with Crippen LogP contribution in [0.15, 0.2) is 124 Å². The molecule has 5 nitrogen and oxygen atoms in total. The minimum absolute atomic E-state index is 0.597. The molecule has 0 unspecified atom stereocenters. The van der Waals surface area contributed by atoms with Gasteiger partial charge in [-0.15, -0.1) is 0 Å². The first-order valence-corrected chi connectivity index (χ1v) is 11.7. The number of benzene rings is 4. The zero-order chi connectivity index (χ0) is 23.9. The van der Waals surface area contributed by atoms with E-state index in [9.17, 15) is 0 Å². The van der Waals surface area contributed by atoms with Gasteiger partial charge in [0.1, 0.15) is 11.0 Å². The molecule has 3 heterocycles. The molecule has 0 aliphatic heterocycles. The second-order valence-electron chi connectivity index (χ2n) is 8.54. The molecule has 7 aromatic rings. The number of para-hydroxylation sites is 4. The molecule has 0 amide bonds. The van der Waals surface area contributed by atoms with Crippen LogP contribution in [-0.4, -0.2) is 15.0 Å². The van der Waals surface area contributed by atoms with Crippen molar-refractivity contribution in [2.45, 2.75) is 0 Å². The molecule has 0 saturated heterocycles. The molecule has 36 heavy (non-hydrogen) atoms. The molecule has 0 spiro atoms. The fraction of sp³-hybridized carbons (Fsp3) is 0. The van der Waals surface area contributed by atoms with Gasteiger partial charge in [-0.05, 0) is 60.7 Å². The molecule has 0 radical (unpaired) electrons. The van der Waals surface area contributed by atoms with E-state index >= 15 is 0 Å². The van der Waals surface area contributed by atoms with Crippen molar-refractivity contribution in [3.8, 4) is 45.4 Å². The number of hydrogen-bond donors (Lipinski definition) is 0. The van der Waals surface area contributed by atoms with E-state index in [4.69, 9.17) is 13.8 Å². The average molecular weight is 466 g/mol. The number of pyridine rings is 1. The third-order valence-electron chi connectivity index (χ3n) is 6.15. The van der Waals surface area contributed by atoms with Crippen LogP contribution in [0, 0.1) is 0 Å². The highest BCUT2D eigenvalue weighted by molar-refractivity contribution is 5.79. The van der Waals surface area contributed by atoms with E-state index in [0.29, 0.717) is 11.8 Å². The van der Waals surface area contributed by atoms with Crippen LogP contribution in [0.1, 0.15) is 0 Å². The van der Waals surface area contributed by atoms with Gasteiger partial charge in [-0.2, -0.15) is 0 Å². The van der Waals surface area contributed by atoms with Crippen LogP contribution in [0.4, 0.5) is 0 Å². The molecule has 0 atom stereocenters. The normalized spacial score (nSPS) is 11.3. The first kappa shape index (κ1) is 20.4. The third-order valence-corrected chi connectivity index (χ3v) is 6.15. The lowest BCUT2D eigenvalue weighted by molar-refractivity contribution is 0.619. The minimum Gasteiger partial charge on any atom is -0.436 e. The molecule has 5 heteroatoms. The first-order chi connectivity index (χ1) is 17.8. The van der Waals surface area contributed by atoms with Gasteiger partial charge in [0.25, 0.3) is 0 Å². The number of nitrogens with zero attached hydrogens (tertiary/aromatic N) is 3. The van der Waals surface area contributed by atoms with Crippen LogP contribution in [0.25, 0.3) is 67.6 Å². The molecule has 0 saturated carbocycles. The maximum absolute atomic E-state index is 5.97. The summed E-state index contributed by atoms with van der Waals surface area (Å²) in [7, 11) is 0. The smallest absolute Gasteiger partial charge is 0.227 e. The summed E-state index contributed by atoms with van der Waals surface area (Å²) in [5, 5.41) is 0. The predicted octanol–water partition coefficient (Wildman–Crippen LogP) is 8.03. The molecule has 0 fully saturated rings. The van der Waals surface area contributed by atoms with E-state index in [1.165, 1.54) is 0 Å². The molecule has 0 aliphatic rings. The summed E-state index contributed by atoms with van der Waals surface area (Å²) in [6.45, 7) is 0. The average Bonchev–Trinajstić information content (AvgIpc) is 3.58. The number of rotatable bonds is 4. The first-order valence-electron chi connectivity index (χ1n) is 11.7. The summed E-state index contributed by atoms with van der Waals surface area (Å²) in [6, 6.07) is 37.8. The van der Waals surface area contributed by atoms with Crippen molar-refractivity contribution in [2.75, 3.05) is 0 Å². The fourth-order valence-corrected chi connectivity index (χ4v) is 4.37. The van der Waals surface area contributed by atoms with Crippen LogP contribution >= 0.6 is 0 Å². The Bertz CT molecular complexity index is 1670. The number of fused-ring (bicyclic) bond motifs is 2. The van der Waals surface area contributed by atoms with Crippen molar-refractivity contribution in [1.82, 2.24) is 15.0 Å². The highest BCUT2D eigenvalue weighted by atomic mass is 16.4. The molecule has 0 bridgehead atoms. The zero-order valence-electron chi connectivity index (χ0n) is 19.1.